The molecule has 0 spiro atoms. The molecule has 7 nitrogen and oxygen atoms in total. The number of aryl methyl sites for hydroxylation is 2. The largest absolute Gasteiger partial charge is 0.322 e. The van der Waals surface area contributed by atoms with Gasteiger partial charge in [-0.2, -0.15) is 0 Å². The fraction of sp³-hybridized carbons (Fsp3) is 0.429. The van der Waals surface area contributed by atoms with Crippen LogP contribution in [0.2, 0.25) is 0 Å². The molecule has 0 radical (unpaired) electrons. The maximum Gasteiger partial charge on any atom is 0.252 e. The predicted octanol–water partition coefficient (Wildman–Crippen LogP) is 5.43. The first kappa shape index (κ1) is 24.8. The van der Waals surface area contributed by atoms with Crippen LogP contribution in [0.25, 0.3) is 10.9 Å². The first-order valence-corrected chi connectivity index (χ1v) is 12.4. The number of rotatable bonds is 9. The van der Waals surface area contributed by atoms with Gasteiger partial charge in [0.15, 0.2) is 5.82 Å². The number of hydrogen-bond donors (Lipinski definition) is 1. The van der Waals surface area contributed by atoms with E-state index < -0.39 is 0 Å². The molecule has 0 saturated carbocycles. The Bertz CT molecular complexity index is 1360. The second kappa shape index (κ2) is 10.1. The van der Waals surface area contributed by atoms with E-state index >= 15 is 0 Å². The van der Waals surface area contributed by atoms with E-state index in [0.717, 1.165) is 46.3 Å². The lowest BCUT2D eigenvalue weighted by Crippen LogP contribution is -2.36. The Balaban J connectivity index is 1.79. The number of hydrogen-bond acceptors (Lipinski definition) is 5. The van der Waals surface area contributed by atoms with E-state index in [-0.39, 0.29) is 17.1 Å². The van der Waals surface area contributed by atoms with Gasteiger partial charge in [-0.15, -0.1) is 5.10 Å². The minimum absolute atomic E-state index is 0.0507. The van der Waals surface area contributed by atoms with Crippen LogP contribution in [0.3, 0.4) is 0 Å². The summed E-state index contributed by atoms with van der Waals surface area (Å²) in [7, 11) is 0. The first-order valence-electron chi connectivity index (χ1n) is 12.4. The molecule has 35 heavy (non-hydrogen) atoms. The van der Waals surface area contributed by atoms with Gasteiger partial charge in [-0.3, -0.25) is 9.69 Å². The summed E-state index contributed by atoms with van der Waals surface area (Å²) < 4.78 is 1.96. The summed E-state index contributed by atoms with van der Waals surface area (Å²) in [6, 6.07) is 16.5. The minimum atomic E-state index is -0.208. The molecule has 0 aliphatic carbocycles. The van der Waals surface area contributed by atoms with Crippen molar-refractivity contribution in [2.75, 3.05) is 0 Å². The summed E-state index contributed by atoms with van der Waals surface area (Å²) in [6.45, 7) is 13.9. The van der Waals surface area contributed by atoms with Crippen molar-refractivity contribution in [3.05, 3.63) is 87.0 Å². The fourth-order valence-electron chi connectivity index (χ4n) is 4.73. The van der Waals surface area contributed by atoms with E-state index in [0.29, 0.717) is 13.1 Å². The molecule has 1 atom stereocenters. The van der Waals surface area contributed by atoms with E-state index in [2.05, 4.69) is 78.2 Å². The van der Waals surface area contributed by atoms with E-state index in [1.165, 1.54) is 5.56 Å². The molecule has 2 aromatic carbocycles. The smallest absolute Gasteiger partial charge is 0.252 e. The third kappa shape index (κ3) is 5.20. The van der Waals surface area contributed by atoms with Gasteiger partial charge in [0.2, 0.25) is 0 Å². The Hall–Kier alpha value is -3.32. The zero-order valence-corrected chi connectivity index (χ0v) is 21.7. The molecule has 2 heterocycles. The Morgan fingerprint density at radius 2 is 1.80 bits per heavy atom. The number of nitrogens with one attached hydrogen (secondary N) is 1. The number of pyridine rings is 1. The van der Waals surface area contributed by atoms with Crippen molar-refractivity contribution in [1.82, 2.24) is 30.1 Å². The lowest BCUT2D eigenvalue weighted by molar-refractivity contribution is 0.150. The highest BCUT2D eigenvalue weighted by Crippen LogP contribution is 2.30. The van der Waals surface area contributed by atoms with Crippen molar-refractivity contribution in [2.45, 2.75) is 79.1 Å². The van der Waals surface area contributed by atoms with Crippen molar-refractivity contribution >= 4 is 10.9 Å². The maximum absolute atomic E-state index is 13.2. The topological polar surface area (TPSA) is 79.7 Å². The van der Waals surface area contributed by atoms with Crippen LogP contribution in [0.4, 0.5) is 0 Å². The number of benzene rings is 2. The van der Waals surface area contributed by atoms with Crippen molar-refractivity contribution in [3.63, 3.8) is 0 Å². The summed E-state index contributed by atoms with van der Waals surface area (Å²) in [4.78, 5) is 18.6. The van der Waals surface area contributed by atoms with Gasteiger partial charge in [0, 0.05) is 29.6 Å². The fourth-order valence-corrected chi connectivity index (χ4v) is 4.73. The summed E-state index contributed by atoms with van der Waals surface area (Å²) in [5.74, 6) is 0.833. The van der Waals surface area contributed by atoms with Gasteiger partial charge in [0.1, 0.15) is 0 Å². The third-order valence-corrected chi connectivity index (χ3v) is 7.05. The Labute approximate surface area is 207 Å². The molecule has 0 amide bonds. The van der Waals surface area contributed by atoms with Crippen LogP contribution in [0.15, 0.2) is 53.3 Å². The number of fused-ring (bicyclic) bond motifs is 1. The molecular weight excluding hydrogens is 436 g/mol. The van der Waals surface area contributed by atoms with E-state index in [9.17, 15) is 4.79 Å². The SMILES string of the molecule is CC[C@H](c1nnnn1C(C)(C)CC)N(Cc1ccccc1)Cc1cc2c(C)cc(C)cc2[nH]c1=O. The van der Waals surface area contributed by atoms with Crippen molar-refractivity contribution < 1.29 is 0 Å². The lowest BCUT2D eigenvalue weighted by atomic mass is 10.0. The van der Waals surface area contributed by atoms with Gasteiger partial charge >= 0.3 is 0 Å². The monoisotopic (exact) mass is 472 g/mol. The highest BCUT2D eigenvalue weighted by Gasteiger charge is 2.31. The molecule has 0 aliphatic heterocycles. The van der Waals surface area contributed by atoms with E-state index in [1.807, 2.05) is 41.9 Å². The van der Waals surface area contributed by atoms with Gasteiger partial charge in [-0.25, -0.2) is 4.68 Å². The van der Waals surface area contributed by atoms with E-state index in [1.54, 1.807) is 0 Å². The van der Waals surface area contributed by atoms with Crippen LogP contribution in [0, 0.1) is 13.8 Å². The van der Waals surface area contributed by atoms with Gasteiger partial charge in [0.05, 0.1) is 11.6 Å². The highest BCUT2D eigenvalue weighted by atomic mass is 16.1. The molecule has 184 valence electrons. The van der Waals surface area contributed by atoms with Crippen LogP contribution >= 0.6 is 0 Å². The quantitative estimate of drug-likeness (QED) is 0.351. The van der Waals surface area contributed by atoms with Gasteiger partial charge < -0.3 is 4.98 Å². The lowest BCUT2D eigenvalue weighted by Gasteiger charge is -2.33. The number of aromatic nitrogens is 5. The molecule has 0 unspecified atom stereocenters. The van der Waals surface area contributed by atoms with Crippen molar-refractivity contribution in [1.29, 1.82) is 0 Å². The Kier molecular flexibility index (Phi) is 7.17. The molecule has 0 fully saturated rings. The highest BCUT2D eigenvalue weighted by molar-refractivity contribution is 5.83. The van der Waals surface area contributed by atoms with Crippen LogP contribution in [0.1, 0.15) is 74.7 Å². The zero-order chi connectivity index (χ0) is 25.2. The first-order chi connectivity index (χ1) is 16.7. The average Bonchev–Trinajstić information content (AvgIpc) is 3.31. The Morgan fingerprint density at radius 3 is 2.49 bits per heavy atom. The Morgan fingerprint density at radius 1 is 1.06 bits per heavy atom. The van der Waals surface area contributed by atoms with Gasteiger partial charge in [-0.05, 0) is 79.8 Å². The van der Waals surface area contributed by atoms with Crippen molar-refractivity contribution in [2.24, 2.45) is 0 Å². The zero-order valence-electron chi connectivity index (χ0n) is 21.7. The number of nitrogens with zero attached hydrogens (tertiary/aromatic N) is 5. The molecule has 1 N–H and O–H groups in total. The van der Waals surface area contributed by atoms with Crippen molar-refractivity contribution in [3.8, 4) is 0 Å². The van der Waals surface area contributed by atoms with Crippen LogP contribution < -0.4 is 5.56 Å². The summed E-state index contributed by atoms with van der Waals surface area (Å²) in [5.41, 5.74) is 4.85. The molecule has 0 bridgehead atoms. The van der Waals surface area contributed by atoms with E-state index in [4.69, 9.17) is 0 Å². The van der Waals surface area contributed by atoms with Crippen LogP contribution in [0.5, 0.6) is 0 Å². The summed E-state index contributed by atoms with van der Waals surface area (Å²) >= 11 is 0. The molecule has 2 aromatic heterocycles. The second-order valence-corrected chi connectivity index (χ2v) is 10.1. The predicted molar refractivity (Wildman–Crippen MR) is 140 cm³/mol. The minimum Gasteiger partial charge on any atom is -0.322 e. The third-order valence-electron chi connectivity index (χ3n) is 7.05. The molecule has 7 heteroatoms. The number of H-pyrrole nitrogens is 1. The van der Waals surface area contributed by atoms with Crippen LogP contribution in [-0.2, 0) is 18.6 Å². The second-order valence-electron chi connectivity index (χ2n) is 10.1. The molecule has 4 rings (SSSR count). The molecule has 0 aliphatic rings. The number of aromatic amines is 1. The molecule has 0 saturated heterocycles. The standard InChI is InChI=1S/C28H36N6O/c1-7-25(26-30-31-32-34(26)28(5,6)8-2)33(17-21-12-10-9-11-13-21)18-22-16-23-20(4)14-19(3)15-24(23)29-27(22)35/h9-16,25H,7-8,17-18H2,1-6H3,(H,29,35)/t25-/m1/s1. The maximum atomic E-state index is 13.2. The van der Waals surface area contributed by atoms with Crippen LogP contribution in [-0.4, -0.2) is 30.1 Å². The van der Waals surface area contributed by atoms with Gasteiger partial charge in [0.25, 0.3) is 5.56 Å². The average molecular weight is 473 g/mol. The number of tetrazole rings is 1. The normalized spacial score (nSPS) is 13.0. The summed E-state index contributed by atoms with van der Waals surface area (Å²) in [6.07, 6.45) is 1.72. The summed E-state index contributed by atoms with van der Waals surface area (Å²) in [5, 5.41) is 14.0. The molecule has 4 aromatic rings. The molecular formula is C28H36N6O. The van der Waals surface area contributed by atoms with Gasteiger partial charge in [-0.1, -0.05) is 50.2 Å².